The third-order valence-electron chi connectivity index (χ3n) is 2.44. The molecule has 1 aliphatic heterocycles. The summed E-state index contributed by atoms with van der Waals surface area (Å²) in [6, 6.07) is 10.6. The molecule has 0 radical (unpaired) electrons. The van der Waals surface area contributed by atoms with Gasteiger partial charge in [0, 0.05) is 6.61 Å². The third-order valence-corrected chi connectivity index (χ3v) is 2.44. The number of nitrogens with two attached hydrogens (primary N) is 1. The minimum Gasteiger partial charge on any atom is -0.463 e. The van der Waals surface area contributed by atoms with Crippen LogP contribution in [0.5, 0.6) is 0 Å². The number of rotatable bonds is 5. The molecule has 4 nitrogen and oxygen atoms in total. The molecule has 16 heavy (non-hydrogen) atoms. The molecule has 1 atom stereocenters. The summed E-state index contributed by atoms with van der Waals surface area (Å²) in [5, 5.41) is 0. The number of amidine groups is 1. The summed E-state index contributed by atoms with van der Waals surface area (Å²) < 4.78 is 10.6. The van der Waals surface area contributed by atoms with Crippen molar-refractivity contribution in [2.75, 3.05) is 13.2 Å². The Labute approximate surface area is 95.1 Å². The Kier molecular flexibility index (Phi) is 3.77. The highest BCUT2D eigenvalue weighted by atomic mass is 16.5. The smallest absolute Gasteiger partial charge is 0.282 e. The minimum atomic E-state index is 0.163. The van der Waals surface area contributed by atoms with E-state index in [0.717, 1.165) is 6.42 Å². The van der Waals surface area contributed by atoms with E-state index in [9.17, 15) is 0 Å². The SMILES string of the molecule is NC1=N[C@@H](CCOCc2ccccc2)CO1. The fraction of sp³-hybridized carbons (Fsp3) is 0.417. The van der Waals surface area contributed by atoms with Gasteiger partial charge < -0.3 is 15.2 Å². The van der Waals surface area contributed by atoms with E-state index in [4.69, 9.17) is 15.2 Å². The van der Waals surface area contributed by atoms with Gasteiger partial charge in [0.1, 0.15) is 6.61 Å². The molecule has 2 N–H and O–H groups in total. The van der Waals surface area contributed by atoms with Crippen molar-refractivity contribution in [1.82, 2.24) is 0 Å². The topological polar surface area (TPSA) is 56.8 Å². The molecule has 0 saturated heterocycles. The molecule has 1 aromatic carbocycles. The molecular weight excluding hydrogens is 204 g/mol. The summed E-state index contributed by atoms with van der Waals surface area (Å²) in [6.07, 6.45) is 0.855. The Hall–Kier alpha value is -1.55. The van der Waals surface area contributed by atoms with Crippen molar-refractivity contribution in [2.24, 2.45) is 10.7 Å². The lowest BCUT2D eigenvalue weighted by Crippen LogP contribution is -2.11. The number of nitrogens with zero attached hydrogens (tertiary/aromatic N) is 1. The summed E-state index contributed by atoms with van der Waals surface area (Å²) in [6.45, 7) is 1.91. The van der Waals surface area contributed by atoms with Crippen LogP contribution in [0.15, 0.2) is 35.3 Å². The second-order valence-electron chi connectivity index (χ2n) is 3.76. The largest absolute Gasteiger partial charge is 0.463 e. The fourth-order valence-corrected chi connectivity index (χ4v) is 1.57. The Morgan fingerprint density at radius 3 is 2.88 bits per heavy atom. The lowest BCUT2D eigenvalue weighted by molar-refractivity contribution is 0.111. The first-order valence-electron chi connectivity index (χ1n) is 5.42. The zero-order chi connectivity index (χ0) is 11.2. The average molecular weight is 220 g/mol. The Balaban J connectivity index is 1.62. The molecule has 86 valence electrons. The van der Waals surface area contributed by atoms with Crippen molar-refractivity contribution in [1.29, 1.82) is 0 Å². The van der Waals surface area contributed by atoms with Gasteiger partial charge >= 0.3 is 0 Å². The standard InChI is InChI=1S/C12H16N2O2/c13-12-14-11(9-16-12)6-7-15-8-10-4-2-1-3-5-10/h1-5,11H,6-9H2,(H2,13,14)/t11-/m0/s1. The van der Waals surface area contributed by atoms with Gasteiger partial charge in [0.15, 0.2) is 0 Å². The molecule has 0 fully saturated rings. The molecule has 0 bridgehead atoms. The summed E-state index contributed by atoms with van der Waals surface area (Å²) in [5.74, 6) is 0. The van der Waals surface area contributed by atoms with E-state index < -0.39 is 0 Å². The first kappa shape index (κ1) is 11.0. The van der Waals surface area contributed by atoms with Gasteiger partial charge in [0.2, 0.25) is 0 Å². The van der Waals surface area contributed by atoms with E-state index in [1.54, 1.807) is 0 Å². The van der Waals surface area contributed by atoms with Crippen LogP contribution in [0.1, 0.15) is 12.0 Å². The minimum absolute atomic E-state index is 0.163. The molecule has 1 aromatic rings. The number of hydrogen-bond acceptors (Lipinski definition) is 4. The van der Waals surface area contributed by atoms with E-state index in [0.29, 0.717) is 25.8 Å². The number of aliphatic imine (C=N–C) groups is 1. The quantitative estimate of drug-likeness (QED) is 0.761. The Morgan fingerprint density at radius 2 is 2.19 bits per heavy atom. The third kappa shape index (κ3) is 3.24. The zero-order valence-electron chi connectivity index (χ0n) is 9.13. The Bertz CT molecular complexity index is 351. The highest BCUT2D eigenvalue weighted by Gasteiger charge is 2.15. The molecule has 0 saturated carbocycles. The van der Waals surface area contributed by atoms with Crippen LogP contribution in [0.25, 0.3) is 0 Å². The van der Waals surface area contributed by atoms with Crippen LogP contribution in [0.2, 0.25) is 0 Å². The Morgan fingerprint density at radius 1 is 1.38 bits per heavy atom. The molecule has 0 unspecified atom stereocenters. The van der Waals surface area contributed by atoms with Gasteiger partial charge in [0.25, 0.3) is 6.02 Å². The van der Waals surface area contributed by atoms with Crippen LogP contribution in [0, 0.1) is 0 Å². The van der Waals surface area contributed by atoms with Crippen LogP contribution in [0.4, 0.5) is 0 Å². The van der Waals surface area contributed by atoms with Gasteiger partial charge in [-0.3, -0.25) is 0 Å². The van der Waals surface area contributed by atoms with Gasteiger partial charge in [-0.1, -0.05) is 30.3 Å². The second kappa shape index (κ2) is 5.51. The van der Waals surface area contributed by atoms with Crippen molar-refractivity contribution < 1.29 is 9.47 Å². The first-order chi connectivity index (χ1) is 7.84. The van der Waals surface area contributed by atoms with Gasteiger partial charge in [-0.15, -0.1) is 0 Å². The van der Waals surface area contributed by atoms with E-state index in [1.165, 1.54) is 5.56 Å². The van der Waals surface area contributed by atoms with Crippen molar-refractivity contribution in [3.63, 3.8) is 0 Å². The maximum Gasteiger partial charge on any atom is 0.282 e. The van der Waals surface area contributed by atoms with E-state index in [1.807, 2.05) is 18.2 Å². The van der Waals surface area contributed by atoms with Gasteiger partial charge in [-0.2, -0.15) is 0 Å². The summed E-state index contributed by atoms with van der Waals surface area (Å²) in [4.78, 5) is 4.13. The summed E-state index contributed by atoms with van der Waals surface area (Å²) in [7, 11) is 0. The van der Waals surface area contributed by atoms with Crippen molar-refractivity contribution in [3.8, 4) is 0 Å². The molecule has 2 rings (SSSR count). The maximum absolute atomic E-state index is 5.55. The molecule has 0 aliphatic carbocycles. The van der Waals surface area contributed by atoms with Crippen LogP contribution < -0.4 is 5.73 Å². The highest BCUT2D eigenvalue weighted by Crippen LogP contribution is 2.07. The van der Waals surface area contributed by atoms with E-state index in [2.05, 4.69) is 17.1 Å². The fourth-order valence-electron chi connectivity index (χ4n) is 1.57. The molecule has 0 spiro atoms. The molecule has 4 heteroatoms. The van der Waals surface area contributed by atoms with Crippen molar-refractivity contribution in [2.45, 2.75) is 19.1 Å². The summed E-state index contributed by atoms with van der Waals surface area (Å²) in [5.41, 5.74) is 6.60. The molecule has 0 amide bonds. The van der Waals surface area contributed by atoms with Gasteiger partial charge in [0.05, 0.1) is 12.6 Å². The monoisotopic (exact) mass is 220 g/mol. The molecule has 0 aromatic heterocycles. The predicted molar refractivity (Wildman–Crippen MR) is 62.1 cm³/mol. The van der Waals surface area contributed by atoms with Crippen LogP contribution in [-0.4, -0.2) is 25.3 Å². The lowest BCUT2D eigenvalue weighted by Gasteiger charge is -2.06. The molecule has 1 heterocycles. The lowest BCUT2D eigenvalue weighted by atomic mass is 10.2. The number of hydrogen-bond donors (Lipinski definition) is 1. The van der Waals surface area contributed by atoms with Gasteiger partial charge in [-0.25, -0.2) is 4.99 Å². The van der Waals surface area contributed by atoms with E-state index >= 15 is 0 Å². The van der Waals surface area contributed by atoms with Crippen molar-refractivity contribution >= 4 is 6.02 Å². The van der Waals surface area contributed by atoms with Crippen LogP contribution in [0.3, 0.4) is 0 Å². The summed E-state index contributed by atoms with van der Waals surface area (Å²) >= 11 is 0. The average Bonchev–Trinajstić information content (AvgIpc) is 2.72. The van der Waals surface area contributed by atoms with Gasteiger partial charge in [-0.05, 0) is 12.0 Å². The zero-order valence-corrected chi connectivity index (χ0v) is 9.13. The predicted octanol–water partition coefficient (Wildman–Crippen LogP) is 1.31. The van der Waals surface area contributed by atoms with Crippen LogP contribution >= 0.6 is 0 Å². The molecule has 1 aliphatic rings. The normalized spacial score (nSPS) is 19.2. The molecular formula is C12H16N2O2. The van der Waals surface area contributed by atoms with Crippen molar-refractivity contribution in [3.05, 3.63) is 35.9 Å². The number of benzene rings is 1. The van der Waals surface area contributed by atoms with E-state index in [-0.39, 0.29) is 6.04 Å². The number of ether oxygens (including phenoxy) is 2. The van der Waals surface area contributed by atoms with Crippen LogP contribution in [-0.2, 0) is 16.1 Å². The maximum atomic E-state index is 5.55. The highest BCUT2D eigenvalue weighted by molar-refractivity contribution is 5.72. The second-order valence-corrected chi connectivity index (χ2v) is 3.76. The first-order valence-corrected chi connectivity index (χ1v) is 5.42.